The van der Waals surface area contributed by atoms with Gasteiger partial charge in [0, 0.05) is 19.3 Å². The summed E-state index contributed by atoms with van der Waals surface area (Å²) in [6, 6.07) is 0. The van der Waals surface area contributed by atoms with Crippen LogP contribution >= 0.6 is 0 Å². The lowest BCUT2D eigenvalue weighted by molar-refractivity contribution is -0.167. The van der Waals surface area contributed by atoms with Gasteiger partial charge in [0.1, 0.15) is 13.2 Å². The van der Waals surface area contributed by atoms with Crippen LogP contribution in [0.3, 0.4) is 0 Å². The molecular formula is C48H88O6. The van der Waals surface area contributed by atoms with E-state index in [0.29, 0.717) is 19.3 Å². The van der Waals surface area contributed by atoms with E-state index in [2.05, 4.69) is 45.1 Å². The van der Waals surface area contributed by atoms with Crippen LogP contribution in [0.4, 0.5) is 0 Å². The summed E-state index contributed by atoms with van der Waals surface area (Å²) in [6.45, 7) is 6.55. The number of ether oxygens (including phenoxy) is 3. The molecule has 0 fully saturated rings. The summed E-state index contributed by atoms with van der Waals surface area (Å²) in [7, 11) is 0. The molecule has 0 aliphatic rings. The minimum absolute atomic E-state index is 0.0781. The quantitative estimate of drug-likeness (QED) is 0.0267. The Kier molecular flexibility index (Phi) is 41.9. The van der Waals surface area contributed by atoms with Crippen LogP contribution in [0.25, 0.3) is 0 Å². The van der Waals surface area contributed by atoms with E-state index in [4.69, 9.17) is 14.2 Å². The molecule has 0 heterocycles. The predicted octanol–water partition coefficient (Wildman–Crippen LogP) is 14.8. The highest BCUT2D eigenvalue weighted by Gasteiger charge is 2.19. The minimum Gasteiger partial charge on any atom is -0.462 e. The molecular weight excluding hydrogens is 673 g/mol. The third-order valence-corrected chi connectivity index (χ3v) is 10.2. The summed E-state index contributed by atoms with van der Waals surface area (Å²) in [5.41, 5.74) is 0. The fraction of sp³-hybridized carbons (Fsp3) is 0.854. The van der Waals surface area contributed by atoms with Gasteiger partial charge in [0.05, 0.1) is 0 Å². The Balaban J connectivity index is 4.31. The van der Waals surface area contributed by atoms with E-state index in [-0.39, 0.29) is 31.1 Å². The lowest BCUT2D eigenvalue weighted by Gasteiger charge is -2.18. The van der Waals surface area contributed by atoms with Crippen LogP contribution in [0.5, 0.6) is 0 Å². The van der Waals surface area contributed by atoms with E-state index in [0.717, 1.165) is 70.6 Å². The first-order chi connectivity index (χ1) is 26.5. The highest BCUT2D eigenvalue weighted by Crippen LogP contribution is 2.15. The number of allylic oxidation sites excluding steroid dienone is 4. The summed E-state index contributed by atoms with van der Waals surface area (Å²) < 4.78 is 16.7. The molecule has 0 amide bonds. The highest BCUT2D eigenvalue weighted by atomic mass is 16.6. The molecule has 316 valence electrons. The third kappa shape index (κ3) is 41.1. The molecule has 0 aromatic heterocycles. The zero-order valence-electron chi connectivity index (χ0n) is 36.0. The number of carbonyl (C=O) groups excluding carboxylic acids is 3. The zero-order chi connectivity index (χ0) is 39.4. The summed E-state index contributed by atoms with van der Waals surface area (Å²) in [5.74, 6) is -0.902. The van der Waals surface area contributed by atoms with Crippen LogP contribution in [-0.4, -0.2) is 37.2 Å². The van der Waals surface area contributed by atoms with E-state index in [9.17, 15) is 14.4 Å². The van der Waals surface area contributed by atoms with Crippen LogP contribution in [0.1, 0.15) is 245 Å². The zero-order valence-corrected chi connectivity index (χ0v) is 36.0. The van der Waals surface area contributed by atoms with Gasteiger partial charge in [-0.2, -0.15) is 0 Å². The van der Waals surface area contributed by atoms with Crippen LogP contribution in [-0.2, 0) is 28.6 Å². The van der Waals surface area contributed by atoms with E-state index in [1.54, 1.807) is 0 Å². The number of carbonyl (C=O) groups is 3. The summed E-state index contributed by atoms with van der Waals surface area (Å²) in [6.07, 6.45) is 47.4. The molecule has 0 rings (SSSR count). The van der Waals surface area contributed by atoms with Crippen molar-refractivity contribution in [2.24, 2.45) is 0 Å². The second kappa shape index (κ2) is 43.6. The average Bonchev–Trinajstić information content (AvgIpc) is 3.17. The van der Waals surface area contributed by atoms with Gasteiger partial charge in [-0.05, 0) is 38.5 Å². The Hall–Kier alpha value is -2.11. The Labute approximate surface area is 334 Å². The predicted molar refractivity (Wildman–Crippen MR) is 229 cm³/mol. The van der Waals surface area contributed by atoms with Crippen LogP contribution in [0, 0.1) is 0 Å². The second-order valence-corrected chi connectivity index (χ2v) is 15.7. The van der Waals surface area contributed by atoms with Crippen molar-refractivity contribution in [1.29, 1.82) is 0 Å². The average molecular weight is 761 g/mol. The number of rotatable bonds is 42. The van der Waals surface area contributed by atoms with E-state index in [1.165, 1.54) is 135 Å². The number of esters is 3. The fourth-order valence-corrected chi connectivity index (χ4v) is 6.65. The van der Waals surface area contributed by atoms with Crippen molar-refractivity contribution < 1.29 is 28.6 Å². The Morgan fingerprint density at radius 1 is 0.370 bits per heavy atom. The Morgan fingerprint density at radius 2 is 0.667 bits per heavy atom. The topological polar surface area (TPSA) is 78.9 Å². The molecule has 0 bridgehead atoms. The molecule has 0 spiro atoms. The molecule has 6 heteroatoms. The van der Waals surface area contributed by atoms with E-state index >= 15 is 0 Å². The first-order valence-corrected chi connectivity index (χ1v) is 23.4. The Morgan fingerprint density at radius 3 is 1.04 bits per heavy atom. The van der Waals surface area contributed by atoms with Crippen LogP contribution in [0.15, 0.2) is 24.3 Å². The first-order valence-electron chi connectivity index (χ1n) is 23.4. The lowest BCUT2D eigenvalue weighted by Crippen LogP contribution is -2.30. The van der Waals surface area contributed by atoms with E-state index in [1.807, 2.05) is 0 Å². The van der Waals surface area contributed by atoms with Gasteiger partial charge in [-0.3, -0.25) is 14.4 Å². The Bertz CT molecular complexity index is 880. The van der Waals surface area contributed by atoms with Crippen molar-refractivity contribution in [2.45, 2.75) is 252 Å². The molecule has 0 N–H and O–H groups in total. The smallest absolute Gasteiger partial charge is 0.306 e. The van der Waals surface area contributed by atoms with Crippen molar-refractivity contribution >= 4 is 17.9 Å². The number of hydrogen-bond acceptors (Lipinski definition) is 6. The molecule has 0 saturated carbocycles. The maximum atomic E-state index is 12.7. The van der Waals surface area contributed by atoms with Crippen molar-refractivity contribution in [2.75, 3.05) is 13.2 Å². The van der Waals surface area contributed by atoms with Gasteiger partial charge in [-0.1, -0.05) is 212 Å². The first kappa shape index (κ1) is 51.9. The van der Waals surface area contributed by atoms with Gasteiger partial charge in [-0.15, -0.1) is 0 Å². The van der Waals surface area contributed by atoms with Crippen molar-refractivity contribution in [1.82, 2.24) is 0 Å². The van der Waals surface area contributed by atoms with Gasteiger partial charge in [-0.25, -0.2) is 0 Å². The standard InChI is InChI=1S/C48H88O6/c1-4-7-10-13-16-19-21-22-23-24-25-27-29-32-35-38-41-47(50)53-44-45(43-52-46(49)40-37-34-31-28-18-15-12-9-6-3)54-48(51)42-39-36-33-30-26-20-17-14-11-8-5-2/h14,17,20,26,45H,4-13,15-16,18-19,21-25,27-44H2,1-3H3/b17-14-,26-20-. The largest absolute Gasteiger partial charge is 0.462 e. The molecule has 1 atom stereocenters. The van der Waals surface area contributed by atoms with Gasteiger partial charge in [0.25, 0.3) is 0 Å². The van der Waals surface area contributed by atoms with Gasteiger partial charge in [0.2, 0.25) is 0 Å². The van der Waals surface area contributed by atoms with Gasteiger partial charge in [0.15, 0.2) is 6.10 Å². The SMILES string of the molecule is CCCC/C=C\C=C/CCCCCC(=O)OC(COC(=O)CCCCCCCCCCC)COC(=O)CCCCCCCCCCCCCCCCCC. The molecule has 0 aliphatic heterocycles. The fourth-order valence-electron chi connectivity index (χ4n) is 6.65. The highest BCUT2D eigenvalue weighted by molar-refractivity contribution is 5.71. The molecule has 0 saturated heterocycles. The van der Waals surface area contributed by atoms with Crippen molar-refractivity contribution in [3.8, 4) is 0 Å². The molecule has 6 nitrogen and oxygen atoms in total. The second-order valence-electron chi connectivity index (χ2n) is 15.7. The summed E-state index contributed by atoms with van der Waals surface area (Å²) in [5, 5.41) is 0. The van der Waals surface area contributed by atoms with Gasteiger partial charge < -0.3 is 14.2 Å². The maximum absolute atomic E-state index is 12.7. The number of unbranched alkanes of at least 4 members (excludes halogenated alkanes) is 28. The van der Waals surface area contributed by atoms with Crippen molar-refractivity contribution in [3.63, 3.8) is 0 Å². The third-order valence-electron chi connectivity index (χ3n) is 10.2. The van der Waals surface area contributed by atoms with Crippen molar-refractivity contribution in [3.05, 3.63) is 24.3 Å². The van der Waals surface area contributed by atoms with Crippen LogP contribution in [0.2, 0.25) is 0 Å². The molecule has 0 aromatic carbocycles. The molecule has 0 aromatic rings. The maximum Gasteiger partial charge on any atom is 0.306 e. The molecule has 0 aliphatic carbocycles. The molecule has 1 unspecified atom stereocenters. The lowest BCUT2D eigenvalue weighted by atomic mass is 10.0. The van der Waals surface area contributed by atoms with E-state index < -0.39 is 6.10 Å². The summed E-state index contributed by atoms with van der Waals surface area (Å²) >= 11 is 0. The molecule has 0 radical (unpaired) electrons. The van der Waals surface area contributed by atoms with Crippen LogP contribution < -0.4 is 0 Å². The van der Waals surface area contributed by atoms with Gasteiger partial charge >= 0.3 is 17.9 Å². The molecule has 54 heavy (non-hydrogen) atoms. The normalized spacial score (nSPS) is 12.1. The minimum atomic E-state index is -0.776. The number of hydrogen-bond donors (Lipinski definition) is 0. The summed E-state index contributed by atoms with van der Waals surface area (Å²) in [4.78, 5) is 37.7. The monoisotopic (exact) mass is 761 g/mol.